The molecule has 0 saturated heterocycles. The standard InChI is InChI=1S/C29H24N2O2/c1-30-20-31(17-21-5-3-2-4-6-21)29-27(25-13-9-23(19-33)10-14-25)16-15-26(28(29)30)24-11-7-22(18-32)8-12-24/h2-16,18-19H,17,20H2,1H3. The molecule has 33 heavy (non-hydrogen) atoms. The van der Waals surface area contributed by atoms with Gasteiger partial charge in [-0.15, -0.1) is 0 Å². The summed E-state index contributed by atoms with van der Waals surface area (Å²) in [5.74, 6) is 0. The molecule has 0 aromatic heterocycles. The summed E-state index contributed by atoms with van der Waals surface area (Å²) in [4.78, 5) is 27.0. The second-order valence-corrected chi connectivity index (χ2v) is 8.36. The Morgan fingerprint density at radius 2 is 1.18 bits per heavy atom. The van der Waals surface area contributed by atoms with E-state index in [2.05, 4.69) is 53.2 Å². The van der Waals surface area contributed by atoms with Gasteiger partial charge in [0.15, 0.2) is 0 Å². The number of carbonyl (C=O) groups is 2. The summed E-state index contributed by atoms with van der Waals surface area (Å²) in [6, 6.07) is 30.3. The van der Waals surface area contributed by atoms with Crippen molar-refractivity contribution in [3.05, 3.63) is 108 Å². The highest BCUT2D eigenvalue weighted by molar-refractivity contribution is 5.99. The summed E-state index contributed by atoms with van der Waals surface area (Å²) in [5.41, 5.74) is 9.36. The first-order chi connectivity index (χ1) is 16.2. The fourth-order valence-electron chi connectivity index (χ4n) is 4.56. The minimum absolute atomic E-state index is 0.667. The molecule has 5 rings (SSSR count). The van der Waals surface area contributed by atoms with Crippen LogP contribution in [0.1, 0.15) is 26.3 Å². The quantitative estimate of drug-likeness (QED) is 0.347. The lowest BCUT2D eigenvalue weighted by atomic mass is 9.94. The molecule has 4 heteroatoms. The van der Waals surface area contributed by atoms with E-state index in [1.165, 1.54) is 16.9 Å². The molecule has 4 nitrogen and oxygen atoms in total. The van der Waals surface area contributed by atoms with E-state index in [1.54, 1.807) is 0 Å². The van der Waals surface area contributed by atoms with Crippen molar-refractivity contribution in [2.75, 3.05) is 23.5 Å². The number of hydrogen-bond acceptors (Lipinski definition) is 4. The van der Waals surface area contributed by atoms with Crippen LogP contribution < -0.4 is 9.80 Å². The van der Waals surface area contributed by atoms with Gasteiger partial charge in [-0.05, 0) is 16.7 Å². The van der Waals surface area contributed by atoms with Crippen molar-refractivity contribution < 1.29 is 9.59 Å². The van der Waals surface area contributed by atoms with E-state index >= 15 is 0 Å². The summed E-state index contributed by atoms with van der Waals surface area (Å²) in [6.45, 7) is 1.57. The van der Waals surface area contributed by atoms with Crippen molar-refractivity contribution in [3.63, 3.8) is 0 Å². The van der Waals surface area contributed by atoms with Crippen LogP contribution >= 0.6 is 0 Å². The Morgan fingerprint density at radius 3 is 1.70 bits per heavy atom. The van der Waals surface area contributed by atoms with Crippen LogP contribution in [-0.4, -0.2) is 26.3 Å². The van der Waals surface area contributed by atoms with Crippen LogP contribution in [0.15, 0.2) is 91.0 Å². The maximum Gasteiger partial charge on any atom is 0.150 e. The fraction of sp³-hybridized carbons (Fsp3) is 0.103. The van der Waals surface area contributed by atoms with Crippen LogP contribution in [0.2, 0.25) is 0 Å². The van der Waals surface area contributed by atoms with E-state index in [4.69, 9.17) is 0 Å². The van der Waals surface area contributed by atoms with E-state index in [-0.39, 0.29) is 0 Å². The second kappa shape index (κ2) is 8.75. The zero-order chi connectivity index (χ0) is 22.8. The predicted molar refractivity (Wildman–Crippen MR) is 134 cm³/mol. The van der Waals surface area contributed by atoms with Crippen molar-refractivity contribution in [2.24, 2.45) is 0 Å². The maximum absolute atomic E-state index is 11.2. The number of anilines is 2. The SMILES string of the molecule is CN1CN(Cc2ccccc2)c2c(-c3ccc(C=O)cc3)ccc(-c3ccc(C=O)cc3)c21. The van der Waals surface area contributed by atoms with Gasteiger partial charge in [-0.1, -0.05) is 91.0 Å². The van der Waals surface area contributed by atoms with E-state index in [9.17, 15) is 9.59 Å². The van der Waals surface area contributed by atoms with Crippen molar-refractivity contribution >= 4 is 23.9 Å². The number of fused-ring (bicyclic) bond motifs is 1. The average molecular weight is 433 g/mol. The van der Waals surface area contributed by atoms with Gasteiger partial charge >= 0.3 is 0 Å². The van der Waals surface area contributed by atoms with E-state index in [0.29, 0.717) is 11.1 Å². The highest BCUT2D eigenvalue weighted by Gasteiger charge is 2.30. The summed E-state index contributed by atoms with van der Waals surface area (Å²) >= 11 is 0. The van der Waals surface area contributed by atoms with Crippen molar-refractivity contribution in [2.45, 2.75) is 6.54 Å². The van der Waals surface area contributed by atoms with Gasteiger partial charge < -0.3 is 9.80 Å². The Kier molecular flexibility index (Phi) is 5.49. The Balaban J connectivity index is 1.67. The minimum atomic E-state index is 0.667. The van der Waals surface area contributed by atoms with Crippen molar-refractivity contribution in [3.8, 4) is 22.3 Å². The number of benzene rings is 4. The summed E-state index contributed by atoms with van der Waals surface area (Å²) in [6.07, 6.45) is 1.74. The molecule has 0 amide bonds. The highest BCUT2D eigenvalue weighted by atomic mass is 16.1. The Hall–Kier alpha value is -4.18. The fourth-order valence-corrected chi connectivity index (χ4v) is 4.56. The first kappa shape index (κ1) is 20.7. The summed E-state index contributed by atoms with van der Waals surface area (Å²) < 4.78 is 0. The van der Waals surface area contributed by atoms with Crippen LogP contribution in [-0.2, 0) is 6.54 Å². The molecule has 0 N–H and O–H groups in total. The van der Waals surface area contributed by atoms with E-state index < -0.39 is 0 Å². The third-order valence-electron chi connectivity index (χ3n) is 6.16. The first-order valence-corrected chi connectivity index (χ1v) is 11.0. The first-order valence-electron chi connectivity index (χ1n) is 11.0. The highest BCUT2D eigenvalue weighted by Crippen LogP contribution is 2.49. The van der Waals surface area contributed by atoms with Gasteiger partial charge in [-0.2, -0.15) is 0 Å². The number of nitrogens with zero attached hydrogens (tertiary/aromatic N) is 2. The average Bonchev–Trinajstić information content (AvgIpc) is 3.20. The van der Waals surface area contributed by atoms with Crippen LogP contribution in [0.4, 0.5) is 11.4 Å². The van der Waals surface area contributed by atoms with Gasteiger partial charge in [-0.3, -0.25) is 9.59 Å². The van der Waals surface area contributed by atoms with E-state index in [1.807, 2.05) is 54.6 Å². The Morgan fingerprint density at radius 1 is 0.667 bits per heavy atom. The van der Waals surface area contributed by atoms with Crippen molar-refractivity contribution in [1.82, 2.24) is 0 Å². The topological polar surface area (TPSA) is 40.6 Å². The molecule has 0 fully saturated rings. The van der Waals surface area contributed by atoms with Crippen molar-refractivity contribution in [1.29, 1.82) is 0 Å². The molecule has 4 aromatic rings. The van der Waals surface area contributed by atoms with Crippen LogP contribution in [0, 0.1) is 0 Å². The zero-order valence-electron chi connectivity index (χ0n) is 18.4. The third-order valence-corrected chi connectivity index (χ3v) is 6.16. The maximum atomic E-state index is 11.2. The van der Waals surface area contributed by atoms with Crippen LogP contribution in [0.3, 0.4) is 0 Å². The van der Waals surface area contributed by atoms with Gasteiger partial charge in [0.25, 0.3) is 0 Å². The largest absolute Gasteiger partial charge is 0.355 e. The van der Waals surface area contributed by atoms with Crippen LogP contribution in [0.5, 0.6) is 0 Å². The summed E-state index contributed by atoms with van der Waals surface area (Å²) in [5, 5.41) is 0. The molecular weight excluding hydrogens is 408 g/mol. The minimum Gasteiger partial charge on any atom is -0.355 e. The molecule has 1 heterocycles. The van der Waals surface area contributed by atoms with Gasteiger partial charge in [0, 0.05) is 35.8 Å². The third kappa shape index (κ3) is 3.92. The smallest absolute Gasteiger partial charge is 0.150 e. The molecule has 0 bridgehead atoms. The lowest BCUT2D eigenvalue weighted by Crippen LogP contribution is -2.27. The molecule has 0 radical (unpaired) electrons. The van der Waals surface area contributed by atoms with Crippen LogP contribution in [0.25, 0.3) is 22.3 Å². The lowest BCUT2D eigenvalue weighted by molar-refractivity contribution is 0.111. The molecule has 4 aromatic carbocycles. The zero-order valence-corrected chi connectivity index (χ0v) is 18.4. The monoisotopic (exact) mass is 432 g/mol. The number of carbonyl (C=O) groups excluding carboxylic acids is 2. The molecule has 1 aliphatic rings. The van der Waals surface area contributed by atoms with Gasteiger partial charge in [0.2, 0.25) is 0 Å². The molecule has 0 unspecified atom stereocenters. The van der Waals surface area contributed by atoms with E-state index in [0.717, 1.165) is 48.0 Å². The molecule has 1 aliphatic heterocycles. The molecule has 162 valence electrons. The molecule has 0 saturated carbocycles. The number of aldehydes is 2. The number of rotatable bonds is 6. The van der Waals surface area contributed by atoms with Gasteiger partial charge in [0.1, 0.15) is 12.6 Å². The lowest BCUT2D eigenvalue weighted by Gasteiger charge is -2.22. The predicted octanol–water partition coefficient (Wildman–Crippen LogP) is 6.06. The molecule has 0 spiro atoms. The Labute approximate surface area is 193 Å². The Bertz CT molecular complexity index is 1300. The molecular formula is C29H24N2O2. The van der Waals surface area contributed by atoms with Gasteiger partial charge in [-0.25, -0.2) is 0 Å². The van der Waals surface area contributed by atoms with Gasteiger partial charge in [0.05, 0.1) is 18.0 Å². The second-order valence-electron chi connectivity index (χ2n) is 8.36. The normalized spacial score (nSPS) is 12.5. The molecule has 0 atom stereocenters. The molecule has 0 aliphatic carbocycles. The summed E-state index contributed by atoms with van der Waals surface area (Å²) in [7, 11) is 2.12. The number of hydrogen-bond donors (Lipinski definition) is 0.